The molecule has 0 fully saturated rings. The molecule has 5 heteroatoms. The second kappa shape index (κ2) is 4.60. The SMILES string of the molecule is CCNCC1=CS(=O)(=O)c2cccc(CN)c21. The Morgan fingerprint density at radius 2 is 2.12 bits per heavy atom. The van der Waals surface area contributed by atoms with Crippen molar-refractivity contribution in [2.45, 2.75) is 18.4 Å². The highest BCUT2D eigenvalue weighted by molar-refractivity contribution is 7.95. The summed E-state index contributed by atoms with van der Waals surface area (Å²) in [6.07, 6.45) is 0. The molecule has 0 bridgehead atoms. The summed E-state index contributed by atoms with van der Waals surface area (Å²) in [5.41, 5.74) is 8.14. The summed E-state index contributed by atoms with van der Waals surface area (Å²) >= 11 is 0. The van der Waals surface area contributed by atoms with Crippen molar-refractivity contribution in [1.29, 1.82) is 0 Å². The van der Waals surface area contributed by atoms with Crippen LogP contribution in [0.5, 0.6) is 0 Å². The van der Waals surface area contributed by atoms with Crippen LogP contribution in [0, 0.1) is 0 Å². The minimum Gasteiger partial charge on any atom is -0.326 e. The molecule has 3 N–H and O–H groups in total. The molecule has 92 valence electrons. The van der Waals surface area contributed by atoms with E-state index in [2.05, 4.69) is 5.32 Å². The quantitative estimate of drug-likeness (QED) is 0.834. The van der Waals surface area contributed by atoms with Gasteiger partial charge in [-0.1, -0.05) is 19.1 Å². The second-order valence-electron chi connectivity index (χ2n) is 3.96. The van der Waals surface area contributed by atoms with Crippen molar-refractivity contribution in [3.8, 4) is 0 Å². The van der Waals surface area contributed by atoms with E-state index in [-0.39, 0.29) is 0 Å². The number of sulfone groups is 1. The second-order valence-corrected chi connectivity index (χ2v) is 5.73. The van der Waals surface area contributed by atoms with Gasteiger partial charge in [-0.25, -0.2) is 8.42 Å². The Bertz CT molecular complexity index is 562. The number of nitrogens with one attached hydrogen (secondary N) is 1. The first kappa shape index (κ1) is 12.3. The van der Waals surface area contributed by atoms with Crippen LogP contribution < -0.4 is 11.1 Å². The Morgan fingerprint density at radius 1 is 1.35 bits per heavy atom. The van der Waals surface area contributed by atoms with Gasteiger partial charge in [-0.05, 0) is 23.7 Å². The van der Waals surface area contributed by atoms with Crippen molar-refractivity contribution in [2.75, 3.05) is 13.1 Å². The summed E-state index contributed by atoms with van der Waals surface area (Å²) < 4.78 is 23.9. The molecule has 1 heterocycles. The summed E-state index contributed by atoms with van der Waals surface area (Å²) in [4.78, 5) is 0.383. The van der Waals surface area contributed by atoms with Crippen molar-refractivity contribution in [3.63, 3.8) is 0 Å². The summed E-state index contributed by atoms with van der Waals surface area (Å²) in [6.45, 7) is 3.69. The fourth-order valence-electron chi connectivity index (χ4n) is 2.05. The fraction of sp³-hybridized carbons (Fsp3) is 0.333. The van der Waals surface area contributed by atoms with Gasteiger partial charge in [0, 0.05) is 24.1 Å². The van der Waals surface area contributed by atoms with E-state index in [4.69, 9.17) is 5.73 Å². The van der Waals surface area contributed by atoms with Gasteiger partial charge < -0.3 is 11.1 Å². The van der Waals surface area contributed by atoms with E-state index in [1.54, 1.807) is 12.1 Å². The molecular weight excluding hydrogens is 236 g/mol. The van der Waals surface area contributed by atoms with Crippen LogP contribution in [0.3, 0.4) is 0 Å². The Morgan fingerprint density at radius 3 is 2.76 bits per heavy atom. The Labute approximate surface area is 101 Å². The third kappa shape index (κ3) is 2.13. The molecule has 0 atom stereocenters. The monoisotopic (exact) mass is 252 g/mol. The molecule has 0 amide bonds. The number of hydrogen-bond donors (Lipinski definition) is 2. The molecule has 0 saturated carbocycles. The first-order chi connectivity index (χ1) is 8.10. The van der Waals surface area contributed by atoms with Gasteiger partial charge in [0.2, 0.25) is 9.84 Å². The van der Waals surface area contributed by atoms with E-state index in [1.807, 2.05) is 13.0 Å². The molecule has 1 aromatic carbocycles. The van der Waals surface area contributed by atoms with E-state index < -0.39 is 9.84 Å². The molecule has 1 aliphatic rings. The molecule has 4 nitrogen and oxygen atoms in total. The van der Waals surface area contributed by atoms with Crippen LogP contribution in [0.4, 0.5) is 0 Å². The number of fused-ring (bicyclic) bond motifs is 1. The Kier molecular flexibility index (Phi) is 3.33. The first-order valence-corrected chi connectivity index (χ1v) is 7.13. The highest BCUT2D eigenvalue weighted by Crippen LogP contribution is 2.35. The lowest BCUT2D eigenvalue weighted by Gasteiger charge is -2.09. The molecule has 1 aromatic rings. The average molecular weight is 252 g/mol. The molecule has 0 unspecified atom stereocenters. The largest absolute Gasteiger partial charge is 0.326 e. The van der Waals surface area contributed by atoms with Gasteiger partial charge in [0.25, 0.3) is 0 Å². The topological polar surface area (TPSA) is 72.2 Å². The van der Waals surface area contributed by atoms with Gasteiger partial charge in [-0.15, -0.1) is 0 Å². The molecule has 2 rings (SSSR count). The predicted molar refractivity (Wildman–Crippen MR) is 68.0 cm³/mol. The Hall–Kier alpha value is -1.17. The third-order valence-electron chi connectivity index (χ3n) is 2.82. The van der Waals surface area contributed by atoms with Crippen LogP contribution >= 0.6 is 0 Å². The normalized spacial score (nSPS) is 16.7. The third-order valence-corrected chi connectivity index (χ3v) is 4.37. The highest BCUT2D eigenvalue weighted by Gasteiger charge is 2.28. The summed E-state index contributed by atoms with van der Waals surface area (Å²) in [5.74, 6) is 0. The van der Waals surface area contributed by atoms with Crippen LogP contribution in [0.2, 0.25) is 0 Å². The average Bonchev–Trinajstić information content (AvgIpc) is 2.58. The summed E-state index contributed by atoms with van der Waals surface area (Å²) in [7, 11) is -3.28. The molecule has 0 radical (unpaired) electrons. The standard InChI is InChI=1S/C12H16N2O2S/c1-2-14-7-10-8-17(15,16)11-5-3-4-9(6-13)12(10)11/h3-5,8,14H,2,6-7,13H2,1H3. The first-order valence-electron chi connectivity index (χ1n) is 5.59. The number of likely N-dealkylation sites (N-methyl/N-ethyl adjacent to an activating group) is 1. The molecule has 1 aliphatic heterocycles. The molecular formula is C12H16N2O2S. The van der Waals surface area contributed by atoms with E-state index in [0.29, 0.717) is 18.0 Å². The summed E-state index contributed by atoms with van der Waals surface area (Å²) in [5, 5.41) is 4.49. The van der Waals surface area contributed by atoms with Crippen molar-refractivity contribution < 1.29 is 8.42 Å². The fourth-order valence-corrected chi connectivity index (χ4v) is 3.57. The summed E-state index contributed by atoms with van der Waals surface area (Å²) in [6, 6.07) is 5.25. The van der Waals surface area contributed by atoms with Crippen molar-refractivity contribution in [1.82, 2.24) is 5.32 Å². The maximum atomic E-state index is 11.9. The zero-order valence-electron chi connectivity index (χ0n) is 9.73. The van der Waals surface area contributed by atoms with Crippen molar-refractivity contribution in [2.24, 2.45) is 5.73 Å². The molecule has 17 heavy (non-hydrogen) atoms. The van der Waals surface area contributed by atoms with Crippen LogP contribution in [-0.2, 0) is 16.4 Å². The number of benzene rings is 1. The highest BCUT2D eigenvalue weighted by atomic mass is 32.2. The van der Waals surface area contributed by atoms with Crippen LogP contribution in [-0.4, -0.2) is 21.5 Å². The minimum absolute atomic E-state index is 0.349. The molecule has 0 aromatic heterocycles. The van der Waals surface area contributed by atoms with E-state index in [9.17, 15) is 8.42 Å². The van der Waals surface area contributed by atoms with Gasteiger partial charge in [0.15, 0.2) is 0 Å². The lowest BCUT2D eigenvalue weighted by atomic mass is 10.0. The van der Waals surface area contributed by atoms with Gasteiger partial charge in [-0.3, -0.25) is 0 Å². The zero-order chi connectivity index (χ0) is 12.5. The van der Waals surface area contributed by atoms with E-state index in [0.717, 1.165) is 23.2 Å². The van der Waals surface area contributed by atoms with Crippen molar-refractivity contribution >= 4 is 15.4 Å². The van der Waals surface area contributed by atoms with Crippen LogP contribution in [0.25, 0.3) is 5.57 Å². The van der Waals surface area contributed by atoms with E-state index in [1.165, 1.54) is 5.41 Å². The maximum Gasteiger partial charge on any atom is 0.200 e. The molecule has 0 aliphatic carbocycles. The van der Waals surface area contributed by atoms with Crippen LogP contribution in [0.1, 0.15) is 18.1 Å². The minimum atomic E-state index is -3.28. The number of rotatable bonds is 4. The predicted octanol–water partition coefficient (Wildman–Crippen LogP) is 0.883. The zero-order valence-corrected chi connectivity index (χ0v) is 10.5. The molecule has 0 saturated heterocycles. The number of nitrogens with two attached hydrogens (primary N) is 1. The Balaban J connectivity index is 2.55. The lowest BCUT2D eigenvalue weighted by molar-refractivity contribution is 0.605. The smallest absolute Gasteiger partial charge is 0.200 e. The van der Waals surface area contributed by atoms with Gasteiger partial charge in [0.05, 0.1) is 4.90 Å². The van der Waals surface area contributed by atoms with Gasteiger partial charge in [-0.2, -0.15) is 0 Å². The van der Waals surface area contributed by atoms with Gasteiger partial charge >= 0.3 is 0 Å². The van der Waals surface area contributed by atoms with Crippen LogP contribution in [0.15, 0.2) is 28.5 Å². The molecule has 0 spiro atoms. The van der Waals surface area contributed by atoms with Crippen molar-refractivity contribution in [3.05, 3.63) is 34.7 Å². The maximum absolute atomic E-state index is 11.9. The lowest BCUT2D eigenvalue weighted by Crippen LogP contribution is -2.16. The van der Waals surface area contributed by atoms with E-state index >= 15 is 0 Å². The number of hydrogen-bond acceptors (Lipinski definition) is 4. The van der Waals surface area contributed by atoms with Gasteiger partial charge in [0.1, 0.15) is 0 Å².